The van der Waals surface area contributed by atoms with Crippen LogP contribution in [0.15, 0.2) is 100 Å². The number of para-hydroxylation sites is 2. The van der Waals surface area contributed by atoms with Crippen LogP contribution < -0.4 is 10.5 Å². The largest absolute Gasteiger partial charge is 0.422 e. The molecule has 4 rings (SSSR count). The number of benzene rings is 3. The molecular weight excluding hydrogens is 338 g/mol. The van der Waals surface area contributed by atoms with E-state index in [2.05, 4.69) is 0 Å². The molecule has 4 nitrogen and oxygen atoms in total. The summed E-state index contributed by atoms with van der Waals surface area (Å²) >= 11 is 0. The van der Waals surface area contributed by atoms with Crippen molar-refractivity contribution in [2.24, 2.45) is 0 Å². The number of rotatable bonds is 4. The maximum absolute atomic E-state index is 13.3. The van der Waals surface area contributed by atoms with E-state index in [9.17, 15) is 9.59 Å². The van der Waals surface area contributed by atoms with E-state index in [4.69, 9.17) is 4.42 Å². The average Bonchev–Trinajstić information content (AvgIpc) is 2.72. The van der Waals surface area contributed by atoms with Crippen LogP contribution in [0.5, 0.6) is 0 Å². The Bertz CT molecular complexity index is 1130. The van der Waals surface area contributed by atoms with Crippen LogP contribution in [0.4, 0.5) is 5.69 Å². The molecule has 0 fully saturated rings. The zero-order chi connectivity index (χ0) is 18.6. The summed E-state index contributed by atoms with van der Waals surface area (Å²) < 4.78 is 5.35. The standard InChI is InChI=1S/C23H17NO3/c25-22(20-15-18-11-7-8-14-21(18)27-23(20)26)24(19-12-5-2-6-13-19)16-17-9-3-1-4-10-17/h1-15H,16H2. The van der Waals surface area contributed by atoms with Crippen LogP contribution in [0, 0.1) is 0 Å². The molecule has 0 saturated carbocycles. The second-order valence-electron chi connectivity index (χ2n) is 6.20. The summed E-state index contributed by atoms with van der Waals surface area (Å²) in [5.41, 5.74) is 1.55. The Balaban J connectivity index is 1.79. The molecule has 0 saturated heterocycles. The number of amides is 1. The molecule has 1 heterocycles. The Labute approximate surface area is 156 Å². The van der Waals surface area contributed by atoms with Crippen LogP contribution in [-0.2, 0) is 6.54 Å². The van der Waals surface area contributed by atoms with Crippen molar-refractivity contribution in [2.75, 3.05) is 4.90 Å². The first kappa shape index (κ1) is 16.8. The van der Waals surface area contributed by atoms with Gasteiger partial charge in [-0.25, -0.2) is 4.79 Å². The molecule has 0 N–H and O–H groups in total. The van der Waals surface area contributed by atoms with Gasteiger partial charge in [0.05, 0.1) is 6.54 Å². The van der Waals surface area contributed by atoms with Gasteiger partial charge in [-0.05, 0) is 29.8 Å². The van der Waals surface area contributed by atoms with Crippen LogP contribution in [0.3, 0.4) is 0 Å². The number of carbonyl (C=O) groups excluding carboxylic acids is 1. The SMILES string of the molecule is O=C(c1cc2ccccc2oc1=O)N(Cc1ccccc1)c1ccccc1. The number of hydrogen-bond acceptors (Lipinski definition) is 3. The molecule has 3 aromatic carbocycles. The van der Waals surface area contributed by atoms with E-state index in [0.717, 1.165) is 11.3 Å². The van der Waals surface area contributed by atoms with E-state index >= 15 is 0 Å². The van der Waals surface area contributed by atoms with Gasteiger partial charge in [0.1, 0.15) is 11.1 Å². The van der Waals surface area contributed by atoms with Crippen LogP contribution in [0.1, 0.15) is 15.9 Å². The third kappa shape index (κ3) is 3.51. The van der Waals surface area contributed by atoms with Gasteiger partial charge < -0.3 is 9.32 Å². The number of anilines is 1. The molecule has 0 spiro atoms. The molecule has 0 aliphatic rings. The minimum absolute atomic E-state index is 0.0217. The van der Waals surface area contributed by atoms with Crippen LogP contribution in [0.25, 0.3) is 11.0 Å². The Morgan fingerprint density at radius 3 is 2.19 bits per heavy atom. The molecule has 0 radical (unpaired) electrons. The van der Waals surface area contributed by atoms with Gasteiger partial charge in [-0.3, -0.25) is 4.79 Å². The normalized spacial score (nSPS) is 10.7. The van der Waals surface area contributed by atoms with Crippen LogP contribution in [0.2, 0.25) is 0 Å². The summed E-state index contributed by atoms with van der Waals surface area (Å²) in [7, 11) is 0. The van der Waals surface area contributed by atoms with Gasteiger partial charge in [0.25, 0.3) is 5.91 Å². The Kier molecular flexibility index (Phi) is 4.54. The summed E-state index contributed by atoms with van der Waals surface area (Å²) in [4.78, 5) is 27.3. The minimum Gasteiger partial charge on any atom is -0.422 e. The van der Waals surface area contributed by atoms with Crippen molar-refractivity contribution >= 4 is 22.6 Å². The topological polar surface area (TPSA) is 50.5 Å². The zero-order valence-electron chi connectivity index (χ0n) is 14.5. The third-order valence-corrected chi connectivity index (χ3v) is 4.37. The fourth-order valence-electron chi connectivity index (χ4n) is 3.01. The van der Waals surface area contributed by atoms with Crippen molar-refractivity contribution in [3.8, 4) is 0 Å². The fourth-order valence-corrected chi connectivity index (χ4v) is 3.01. The smallest absolute Gasteiger partial charge is 0.349 e. The first-order valence-electron chi connectivity index (χ1n) is 8.66. The number of hydrogen-bond donors (Lipinski definition) is 0. The second kappa shape index (κ2) is 7.30. The van der Waals surface area contributed by atoms with Gasteiger partial charge >= 0.3 is 5.63 Å². The van der Waals surface area contributed by atoms with Gasteiger partial charge in [-0.15, -0.1) is 0 Å². The Hall–Kier alpha value is -3.66. The quantitative estimate of drug-likeness (QED) is 0.501. The van der Waals surface area contributed by atoms with Crippen molar-refractivity contribution in [1.82, 2.24) is 0 Å². The highest BCUT2D eigenvalue weighted by molar-refractivity contribution is 6.07. The van der Waals surface area contributed by atoms with Gasteiger partial charge in [0, 0.05) is 11.1 Å². The molecule has 0 aliphatic carbocycles. The van der Waals surface area contributed by atoms with Crippen molar-refractivity contribution in [3.05, 3.63) is 113 Å². The fraction of sp³-hybridized carbons (Fsp3) is 0.0435. The van der Waals surface area contributed by atoms with E-state index in [1.807, 2.05) is 72.8 Å². The Morgan fingerprint density at radius 2 is 1.44 bits per heavy atom. The van der Waals surface area contributed by atoms with Crippen molar-refractivity contribution in [3.63, 3.8) is 0 Å². The lowest BCUT2D eigenvalue weighted by molar-refractivity contribution is 0.0981. The van der Waals surface area contributed by atoms with Gasteiger partial charge in [0.15, 0.2) is 0 Å². The molecule has 0 aliphatic heterocycles. The lowest BCUT2D eigenvalue weighted by atomic mass is 10.1. The van der Waals surface area contributed by atoms with E-state index in [1.165, 1.54) is 0 Å². The van der Waals surface area contributed by atoms with E-state index in [-0.39, 0.29) is 11.5 Å². The highest BCUT2D eigenvalue weighted by Gasteiger charge is 2.22. The number of fused-ring (bicyclic) bond motifs is 1. The molecule has 4 aromatic rings. The van der Waals surface area contributed by atoms with Crippen LogP contribution >= 0.6 is 0 Å². The predicted molar refractivity (Wildman–Crippen MR) is 106 cm³/mol. The third-order valence-electron chi connectivity index (χ3n) is 4.37. The van der Waals surface area contributed by atoms with Gasteiger partial charge in [-0.1, -0.05) is 66.7 Å². The first-order valence-corrected chi connectivity index (χ1v) is 8.66. The first-order chi connectivity index (χ1) is 13.2. The van der Waals surface area contributed by atoms with Gasteiger partial charge in [0.2, 0.25) is 0 Å². The molecule has 27 heavy (non-hydrogen) atoms. The summed E-state index contributed by atoms with van der Waals surface area (Å²) in [6, 6.07) is 27.8. The van der Waals surface area contributed by atoms with Crippen molar-refractivity contribution < 1.29 is 9.21 Å². The molecule has 0 bridgehead atoms. The summed E-state index contributed by atoms with van der Waals surface area (Å²) in [5, 5.41) is 0.716. The van der Waals surface area contributed by atoms with Crippen LogP contribution in [-0.4, -0.2) is 5.91 Å². The molecule has 0 atom stereocenters. The summed E-state index contributed by atoms with van der Waals surface area (Å²) in [6.45, 7) is 0.357. The molecule has 1 aromatic heterocycles. The minimum atomic E-state index is -0.632. The highest BCUT2D eigenvalue weighted by atomic mass is 16.4. The lowest BCUT2D eigenvalue weighted by Crippen LogP contribution is -2.33. The van der Waals surface area contributed by atoms with Crippen molar-refractivity contribution in [2.45, 2.75) is 6.54 Å². The van der Waals surface area contributed by atoms with E-state index in [1.54, 1.807) is 23.1 Å². The molecule has 4 heteroatoms. The maximum atomic E-state index is 13.3. The average molecular weight is 355 g/mol. The monoisotopic (exact) mass is 355 g/mol. The van der Waals surface area contributed by atoms with Gasteiger partial charge in [-0.2, -0.15) is 0 Å². The highest BCUT2D eigenvalue weighted by Crippen LogP contribution is 2.21. The lowest BCUT2D eigenvalue weighted by Gasteiger charge is -2.22. The Morgan fingerprint density at radius 1 is 0.815 bits per heavy atom. The van der Waals surface area contributed by atoms with E-state index in [0.29, 0.717) is 17.5 Å². The number of nitrogens with zero attached hydrogens (tertiary/aromatic N) is 1. The molecule has 0 unspecified atom stereocenters. The number of carbonyl (C=O) groups is 1. The summed E-state index contributed by atoms with van der Waals surface area (Å²) in [6.07, 6.45) is 0. The molecule has 1 amide bonds. The molecular formula is C23H17NO3. The predicted octanol–water partition coefficient (Wildman–Crippen LogP) is 4.64. The second-order valence-corrected chi connectivity index (χ2v) is 6.20. The molecule has 132 valence electrons. The van der Waals surface area contributed by atoms with E-state index < -0.39 is 5.63 Å². The summed E-state index contributed by atoms with van der Waals surface area (Å²) in [5.74, 6) is -0.385. The van der Waals surface area contributed by atoms with Crippen molar-refractivity contribution in [1.29, 1.82) is 0 Å². The zero-order valence-corrected chi connectivity index (χ0v) is 14.5. The maximum Gasteiger partial charge on any atom is 0.349 e.